The van der Waals surface area contributed by atoms with E-state index in [0.717, 1.165) is 4.88 Å². The Bertz CT molecular complexity index is 635. The fraction of sp³-hybridized carbons (Fsp3) is 0.222. The van der Waals surface area contributed by atoms with Crippen molar-refractivity contribution >= 4 is 33.0 Å². The van der Waals surface area contributed by atoms with E-state index in [1.54, 1.807) is 12.1 Å². The zero-order chi connectivity index (χ0) is 13.2. The Hall–Kier alpha value is -0.930. The summed E-state index contributed by atoms with van der Waals surface area (Å²) in [5.74, 6) is 0. The molecule has 0 saturated heterocycles. The van der Waals surface area contributed by atoms with Crippen LogP contribution >= 0.6 is 22.9 Å². The third-order valence-corrected chi connectivity index (χ3v) is 4.88. The number of hydrogen-bond acceptors (Lipinski definition) is 5. The second-order valence-corrected chi connectivity index (χ2v) is 6.96. The van der Waals surface area contributed by atoms with Crippen molar-refractivity contribution < 1.29 is 8.42 Å². The second-order valence-electron chi connectivity index (χ2n) is 3.46. The van der Waals surface area contributed by atoms with Crippen LogP contribution in [0.4, 0.5) is 0 Å². The molecule has 0 atom stereocenters. The maximum Gasteiger partial charge on any atom is 0.258 e. The maximum atomic E-state index is 12.0. The SMILES string of the molecule is NCc1cn[nH]c1S(=O)(=O)NCc1ccc(Cl)s1. The molecule has 6 nitrogen and oxygen atoms in total. The highest BCUT2D eigenvalue weighted by Crippen LogP contribution is 2.21. The summed E-state index contributed by atoms with van der Waals surface area (Å²) in [5.41, 5.74) is 5.89. The molecule has 0 saturated carbocycles. The smallest absolute Gasteiger partial charge is 0.258 e. The van der Waals surface area contributed by atoms with Crippen molar-refractivity contribution in [3.05, 3.63) is 33.1 Å². The Morgan fingerprint density at radius 2 is 2.28 bits per heavy atom. The normalized spacial score (nSPS) is 11.9. The van der Waals surface area contributed by atoms with Crippen LogP contribution in [-0.2, 0) is 23.1 Å². The Morgan fingerprint density at radius 3 is 2.89 bits per heavy atom. The lowest BCUT2D eigenvalue weighted by molar-refractivity contribution is 0.576. The predicted octanol–water partition coefficient (Wildman–Crippen LogP) is 1.06. The van der Waals surface area contributed by atoms with Crippen molar-refractivity contribution in [2.45, 2.75) is 18.1 Å². The molecule has 2 aromatic rings. The molecule has 0 aromatic carbocycles. The van der Waals surface area contributed by atoms with Gasteiger partial charge in [-0.1, -0.05) is 11.6 Å². The minimum Gasteiger partial charge on any atom is -0.326 e. The lowest BCUT2D eigenvalue weighted by Crippen LogP contribution is -2.24. The Balaban J connectivity index is 2.13. The first kappa shape index (κ1) is 13.5. The van der Waals surface area contributed by atoms with Crippen LogP contribution in [0, 0.1) is 0 Å². The van der Waals surface area contributed by atoms with Crippen molar-refractivity contribution in [1.29, 1.82) is 0 Å². The first-order valence-corrected chi connectivity index (χ1v) is 7.67. The molecule has 18 heavy (non-hydrogen) atoms. The standard InChI is InChI=1S/C9H11ClN4O2S2/c10-8-2-1-7(17-8)5-13-18(15,16)9-6(3-11)4-12-14-9/h1-2,4,13H,3,5,11H2,(H,12,14). The Morgan fingerprint density at radius 1 is 1.50 bits per heavy atom. The number of nitrogens with zero attached hydrogens (tertiary/aromatic N) is 1. The Labute approximate surface area is 113 Å². The van der Waals surface area contributed by atoms with Gasteiger partial charge < -0.3 is 5.73 Å². The number of sulfonamides is 1. The number of nitrogens with two attached hydrogens (primary N) is 1. The molecule has 0 aliphatic rings. The zero-order valence-corrected chi connectivity index (χ0v) is 11.6. The molecule has 0 unspecified atom stereocenters. The highest BCUT2D eigenvalue weighted by atomic mass is 35.5. The van der Waals surface area contributed by atoms with E-state index in [0.29, 0.717) is 9.90 Å². The van der Waals surface area contributed by atoms with Crippen molar-refractivity contribution in [2.24, 2.45) is 5.73 Å². The van der Waals surface area contributed by atoms with E-state index >= 15 is 0 Å². The number of rotatable bonds is 5. The van der Waals surface area contributed by atoms with Gasteiger partial charge in [0, 0.05) is 23.5 Å². The summed E-state index contributed by atoms with van der Waals surface area (Å²) >= 11 is 7.09. The summed E-state index contributed by atoms with van der Waals surface area (Å²) in [6.45, 7) is 0.292. The molecule has 0 spiro atoms. The summed E-state index contributed by atoms with van der Waals surface area (Å²) in [7, 11) is -3.63. The largest absolute Gasteiger partial charge is 0.326 e. The quantitative estimate of drug-likeness (QED) is 0.769. The van der Waals surface area contributed by atoms with Crippen molar-refractivity contribution in [2.75, 3.05) is 0 Å². The zero-order valence-electron chi connectivity index (χ0n) is 9.18. The third-order valence-electron chi connectivity index (χ3n) is 2.23. The molecule has 0 bridgehead atoms. The van der Waals surface area contributed by atoms with Crippen LogP contribution in [0.5, 0.6) is 0 Å². The molecule has 0 radical (unpaired) electrons. The van der Waals surface area contributed by atoms with Crippen LogP contribution in [0.3, 0.4) is 0 Å². The number of nitrogens with one attached hydrogen (secondary N) is 2. The second kappa shape index (κ2) is 5.37. The number of hydrogen-bond donors (Lipinski definition) is 3. The average molecular weight is 307 g/mol. The van der Waals surface area contributed by atoms with Gasteiger partial charge in [-0.3, -0.25) is 5.10 Å². The number of thiophene rings is 1. The molecule has 2 rings (SSSR count). The molecule has 0 aliphatic heterocycles. The summed E-state index contributed by atoms with van der Waals surface area (Å²) in [6, 6.07) is 3.49. The minimum atomic E-state index is -3.63. The third kappa shape index (κ3) is 2.90. The van der Waals surface area contributed by atoms with Crippen LogP contribution in [0.2, 0.25) is 4.34 Å². The van der Waals surface area contributed by atoms with Gasteiger partial charge in [0.05, 0.1) is 10.5 Å². The highest BCUT2D eigenvalue weighted by molar-refractivity contribution is 7.89. The van der Waals surface area contributed by atoms with Crippen LogP contribution in [0.25, 0.3) is 0 Å². The molecule has 2 heterocycles. The number of H-pyrrole nitrogens is 1. The van der Waals surface area contributed by atoms with E-state index in [4.69, 9.17) is 17.3 Å². The van der Waals surface area contributed by atoms with Crippen molar-refractivity contribution in [1.82, 2.24) is 14.9 Å². The average Bonchev–Trinajstić information content (AvgIpc) is 2.95. The number of aromatic nitrogens is 2. The molecular formula is C9H11ClN4O2S2. The van der Waals surface area contributed by atoms with Gasteiger partial charge in [0.15, 0.2) is 5.03 Å². The number of aromatic amines is 1. The van der Waals surface area contributed by atoms with Gasteiger partial charge in [0.1, 0.15) is 0 Å². The molecule has 98 valence electrons. The summed E-state index contributed by atoms with van der Waals surface area (Å²) in [4.78, 5) is 0.831. The fourth-order valence-electron chi connectivity index (χ4n) is 1.36. The Kier molecular flexibility index (Phi) is 4.03. The van der Waals surface area contributed by atoms with Crippen molar-refractivity contribution in [3.8, 4) is 0 Å². The van der Waals surface area contributed by atoms with Gasteiger partial charge in [-0.15, -0.1) is 11.3 Å². The molecule has 0 aliphatic carbocycles. The lowest BCUT2D eigenvalue weighted by Gasteiger charge is -2.04. The maximum absolute atomic E-state index is 12.0. The minimum absolute atomic E-state index is 0.00709. The van der Waals surface area contributed by atoms with Gasteiger partial charge in [-0.25, -0.2) is 13.1 Å². The molecule has 9 heteroatoms. The molecular weight excluding hydrogens is 296 g/mol. The van der Waals surface area contributed by atoms with Gasteiger partial charge >= 0.3 is 0 Å². The van der Waals surface area contributed by atoms with Crippen LogP contribution < -0.4 is 10.5 Å². The number of halogens is 1. The summed E-state index contributed by atoms with van der Waals surface area (Å²) < 4.78 is 27.1. The van der Waals surface area contributed by atoms with Gasteiger partial charge in [-0.2, -0.15) is 5.10 Å². The topological polar surface area (TPSA) is 101 Å². The first-order chi connectivity index (χ1) is 8.53. The van der Waals surface area contributed by atoms with E-state index in [2.05, 4.69) is 14.9 Å². The monoisotopic (exact) mass is 306 g/mol. The summed E-state index contributed by atoms with van der Waals surface area (Å²) in [6.07, 6.45) is 1.40. The molecule has 0 amide bonds. The first-order valence-electron chi connectivity index (χ1n) is 4.99. The van der Waals surface area contributed by atoms with E-state index < -0.39 is 10.0 Å². The van der Waals surface area contributed by atoms with E-state index in [-0.39, 0.29) is 18.1 Å². The van der Waals surface area contributed by atoms with Crippen LogP contribution in [0.15, 0.2) is 23.4 Å². The lowest BCUT2D eigenvalue weighted by atomic mass is 10.4. The predicted molar refractivity (Wildman–Crippen MR) is 69.8 cm³/mol. The van der Waals surface area contributed by atoms with Crippen LogP contribution in [0.1, 0.15) is 10.4 Å². The van der Waals surface area contributed by atoms with E-state index in [1.807, 2.05) is 0 Å². The fourth-order valence-corrected chi connectivity index (χ4v) is 3.62. The van der Waals surface area contributed by atoms with Gasteiger partial charge in [0.2, 0.25) is 0 Å². The van der Waals surface area contributed by atoms with E-state index in [9.17, 15) is 8.42 Å². The highest BCUT2D eigenvalue weighted by Gasteiger charge is 2.19. The van der Waals surface area contributed by atoms with Gasteiger partial charge in [0.25, 0.3) is 10.0 Å². The summed E-state index contributed by atoms with van der Waals surface area (Å²) in [5, 5.41) is 6.12. The van der Waals surface area contributed by atoms with Gasteiger partial charge in [-0.05, 0) is 12.1 Å². The molecule has 4 N–H and O–H groups in total. The van der Waals surface area contributed by atoms with Crippen LogP contribution in [-0.4, -0.2) is 18.6 Å². The van der Waals surface area contributed by atoms with E-state index in [1.165, 1.54) is 17.5 Å². The molecule has 2 aromatic heterocycles. The van der Waals surface area contributed by atoms with Crippen molar-refractivity contribution in [3.63, 3.8) is 0 Å². The molecule has 0 fully saturated rings.